The van der Waals surface area contributed by atoms with Crippen molar-refractivity contribution >= 4 is 34.2 Å². The van der Waals surface area contributed by atoms with E-state index in [1.807, 2.05) is 28.9 Å². The number of fused-ring (bicyclic) bond motifs is 1. The number of amides is 2. The average Bonchev–Trinajstić information content (AvgIpc) is 3.71. The first kappa shape index (κ1) is 22.8. The number of anilines is 2. The van der Waals surface area contributed by atoms with Gasteiger partial charge in [-0.2, -0.15) is 0 Å². The van der Waals surface area contributed by atoms with Crippen molar-refractivity contribution in [2.24, 2.45) is 13.0 Å². The van der Waals surface area contributed by atoms with E-state index < -0.39 is 23.7 Å². The Bertz CT molecular complexity index is 1410. The molecule has 10 nitrogen and oxygen atoms in total. The van der Waals surface area contributed by atoms with Crippen molar-refractivity contribution in [2.45, 2.75) is 26.3 Å². The lowest BCUT2D eigenvalue weighted by atomic mass is 10.2. The lowest BCUT2D eigenvalue weighted by Crippen LogP contribution is -2.50. The molecule has 182 valence electrons. The maximum Gasteiger partial charge on any atom is 0.332 e. The molecule has 35 heavy (non-hydrogen) atoms. The number of aryl methyl sites for hydroxylation is 2. The molecule has 1 aliphatic carbocycles. The number of nitrogens with one attached hydrogen (secondary N) is 1. The molecule has 5 rings (SSSR count). The zero-order valence-electron chi connectivity index (χ0n) is 19.9. The molecule has 2 aliphatic rings. The lowest BCUT2D eigenvalue weighted by molar-refractivity contribution is -0.132. The SMILES string of the molecule is Cc1ccc(NC(=O)Cn2c(=O)c3c(N4CCN(C(=O)C5CC5)CC4)ccnc3n(C)c2=O)cc1. The zero-order valence-corrected chi connectivity index (χ0v) is 19.9. The van der Waals surface area contributed by atoms with E-state index in [0.29, 0.717) is 42.9 Å². The van der Waals surface area contributed by atoms with Crippen molar-refractivity contribution in [3.63, 3.8) is 0 Å². The molecular weight excluding hydrogens is 448 g/mol. The number of benzene rings is 1. The Morgan fingerprint density at radius 1 is 1.03 bits per heavy atom. The smallest absolute Gasteiger partial charge is 0.332 e. The largest absolute Gasteiger partial charge is 0.367 e. The predicted molar refractivity (Wildman–Crippen MR) is 133 cm³/mol. The van der Waals surface area contributed by atoms with Gasteiger partial charge in [-0.05, 0) is 38.0 Å². The third kappa shape index (κ3) is 4.43. The summed E-state index contributed by atoms with van der Waals surface area (Å²) in [4.78, 5) is 59.8. The highest BCUT2D eigenvalue weighted by atomic mass is 16.2. The molecule has 0 bridgehead atoms. The van der Waals surface area contributed by atoms with Crippen LogP contribution in [-0.4, -0.2) is 57.0 Å². The van der Waals surface area contributed by atoms with E-state index in [1.165, 1.54) is 4.57 Å². The van der Waals surface area contributed by atoms with Crippen LogP contribution in [0.4, 0.5) is 11.4 Å². The van der Waals surface area contributed by atoms with Crippen LogP contribution in [0.3, 0.4) is 0 Å². The maximum atomic E-state index is 13.5. The number of aromatic nitrogens is 3. The van der Waals surface area contributed by atoms with E-state index in [4.69, 9.17) is 0 Å². The summed E-state index contributed by atoms with van der Waals surface area (Å²) in [6.07, 6.45) is 3.52. The summed E-state index contributed by atoms with van der Waals surface area (Å²) in [5.41, 5.74) is 1.41. The van der Waals surface area contributed by atoms with E-state index in [-0.39, 0.29) is 17.5 Å². The van der Waals surface area contributed by atoms with Crippen LogP contribution in [0, 0.1) is 12.8 Å². The second-order valence-corrected chi connectivity index (χ2v) is 9.26. The molecule has 1 saturated carbocycles. The summed E-state index contributed by atoms with van der Waals surface area (Å²) in [5, 5.41) is 3.03. The number of piperazine rings is 1. The van der Waals surface area contributed by atoms with Crippen molar-refractivity contribution in [1.29, 1.82) is 0 Å². The monoisotopic (exact) mass is 476 g/mol. The van der Waals surface area contributed by atoms with Crippen LogP contribution >= 0.6 is 0 Å². The standard InChI is InChI=1S/C25H28N6O4/c1-16-3-7-18(8-4-16)27-20(32)15-31-24(34)21-19(9-10-26-22(21)28(2)25(31)35)29-11-13-30(14-12-29)23(33)17-5-6-17/h3-4,7-10,17H,5-6,11-15H2,1-2H3,(H,27,32). The molecule has 1 N–H and O–H groups in total. The molecule has 0 unspecified atom stereocenters. The van der Waals surface area contributed by atoms with Crippen molar-refractivity contribution in [3.05, 3.63) is 62.9 Å². The van der Waals surface area contributed by atoms with Gasteiger partial charge in [-0.1, -0.05) is 17.7 Å². The van der Waals surface area contributed by atoms with E-state index in [2.05, 4.69) is 10.3 Å². The fourth-order valence-corrected chi connectivity index (χ4v) is 4.53. The van der Waals surface area contributed by atoms with Crippen LogP contribution in [0.25, 0.3) is 11.0 Å². The molecule has 2 aromatic heterocycles. The third-order valence-electron chi connectivity index (χ3n) is 6.70. The molecule has 2 amide bonds. The van der Waals surface area contributed by atoms with Crippen LogP contribution in [0.5, 0.6) is 0 Å². The van der Waals surface area contributed by atoms with Crippen LogP contribution in [0.15, 0.2) is 46.1 Å². The molecule has 0 atom stereocenters. The normalized spacial score (nSPS) is 15.9. The second-order valence-electron chi connectivity index (χ2n) is 9.26. The molecule has 1 aromatic carbocycles. The molecule has 3 aromatic rings. The Balaban J connectivity index is 1.44. The number of nitrogens with zero attached hydrogens (tertiary/aromatic N) is 5. The van der Waals surface area contributed by atoms with Crippen molar-refractivity contribution in [3.8, 4) is 0 Å². The van der Waals surface area contributed by atoms with Crippen LogP contribution < -0.4 is 21.5 Å². The molecule has 0 spiro atoms. The molecular formula is C25H28N6O4. The maximum absolute atomic E-state index is 13.5. The number of rotatable bonds is 5. The van der Waals surface area contributed by atoms with Crippen molar-refractivity contribution in [1.82, 2.24) is 19.0 Å². The Hall–Kier alpha value is -3.95. The number of hydrogen-bond donors (Lipinski definition) is 1. The van der Waals surface area contributed by atoms with Crippen LogP contribution in [0.2, 0.25) is 0 Å². The van der Waals surface area contributed by atoms with Crippen LogP contribution in [-0.2, 0) is 23.2 Å². The van der Waals surface area contributed by atoms with E-state index in [0.717, 1.165) is 23.0 Å². The molecule has 1 saturated heterocycles. The quantitative estimate of drug-likeness (QED) is 0.591. The van der Waals surface area contributed by atoms with Gasteiger partial charge in [-0.3, -0.25) is 23.5 Å². The number of pyridine rings is 1. The first-order valence-corrected chi connectivity index (χ1v) is 11.8. The Kier molecular flexibility index (Phi) is 5.88. The fourth-order valence-electron chi connectivity index (χ4n) is 4.53. The minimum absolute atomic E-state index is 0.177. The summed E-state index contributed by atoms with van der Waals surface area (Å²) in [6, 6.07) is 9.02. The van der Waals surface area contributed by atoms with Gasteiger partial charge >= 0.3 is 5.69 Å². The Morgan fingerprint density at radius 3 is 2.37 bits per heavy atom. The Morgan fingerprint density at radius 2 is 1.71 bits per heavy atom. The van der Waals surface area contributed by atoms with Gasteiger partial charge in [0.1, 0.15) is 11.9 Å². The molecule has 10 heteroatoms. The van der Waals surface area contributed by atoms with Gasteiger partial charge in [0.2, 0.25) is 11.8 Å². The van der Waals surface area contributed by atoms with Gasteiger partial charge in [-0.15, -0.1) is 0 Å². The first-order chi connectivity index (χ1) is 16.8. The van der Waals surface area contributed by atoms with E-state index >= 15 is 0 Å². The van der Waals surface area contributed by atoms with E-state index in [1.54, 1.807) is 31.4 Å². The zero-order chi connectivity index (χ0) is 24.7. The van der Waals surface area contributed by atoms with E-state index in [9.17, 15) is 19.2 Å². The highest BCUT2D eigenvalue weighted by molar-refractivity contribution is 5.92. The third-order valence-corrected chi connectivity index (χ3v) is 6.70. The highest BCUT2D eigenvalue weighted by Gasteiger charge is 2.35. The molecule has 0 radical (unpaired) electrons. The molecule has 3 heterocycles. The van der Waals surface area contributed by atoms with Gasteiger partial charge in [-0.25, -0.2) is 9.78 Å². The number of carbonyl (C=O) groups is 2. The summed E-state index contributed by atoms with van der Waals surface area (Å²) in [6.45, 7) is 3.85. The summed E-state index contributed by atoms with van der Waals surface area (Å²) in [7, 11) is 1.54. The minimum Gasteiger partial charge on any atom is -0.367 e. The van der Waals surface area contributed by atoms with Crippen molar-refractivity contribution in [2.75, 3.05) is 36.4 Å². The second kappa shape index (κ2) is 9.01. The number of carbonyl (C=O) groups excluding carboxylic acids is 2. The Labute approximate surface area is 201 Å². The van der Waals surface area contributed by atoms with Gasteiger partial charge in [0.15, 0.2) is 5.65 Å². The van der Waals surface area contributed by atoms with Gasteiger partial charge in [0.05, 0.1) is 5.69 Å². The molecule has 2 fully saturated rings. The predicted octanol–water partition coefficient (Wildman–Crippen LogP) is 1.10. The summed E-state index contributed by atoms with van der Waals surface area (Å²) >= 11 is 0. The summed E-state index contributed by atoms with van der Waals surface area (Å²) < 4.78 is 2.25. The van der Waals surface area contributed by atoms with Crippen LogP contribution in [0.1, 0.15) is 18.4 Å². The minimum atomic E-state index is -0.606. The topological polar surface area (TPSA) is 110 Å². The fraction of sp³-hybridized carbons (Fsp3) is 0.400. The first-order valence-electron chi connectivity index (χ1n) is 11.8. The summed E-state index contributed by atoms with van der Waals surface area (Å²) in [5.74, 6) is -0.0743. The number of hydrogen-bond acceptors (Lipinski definition) is 6. The molecule has 1 aliphatic heterocycles. The van der Waals surface area contributed by atoms with Gasteiger partial charge in [0, 0.05) is 51.0 Å². The average molecular weight is 477 g/mol. The van der Waals surface area contributed by atoms with Gasteiger partial charge in [0.25, 0.3) is 5.56 Å². The highest BCUT2D eigenvalue weighted by Crippen LogP contribution is 2.32. The lowest BCUT2D eigenvalue weighted by Gasteiger charge is -2.36. The van der Waals surface area contributed by atoms with Crippen molar-refractivity contribution < 1.29 is 9.59 Å². The van der Waals surface area contributed by atoms with Gasteiger partial charge < -0.3 is 15.1 Å².